The zero-order valence-electron chi connectivity index (χ0n) is 9.84. The van der Waals surface area contributed by atoms with Crippen molar-refractivity contribution in [2.75, 3.05) is 19.6 Å². The van der Waals surface area contributed by atoms with E-state index in [9.17, 15) is 14.2 Å². The maximum atomic E-state index is 11.1. The Morgan fingerprint density at radius 1 is 0.944 bits per heavy atom. The molecule has 0 aromatic heterocycles. The van der Waals surface area contributed by atoms with Crippen molar-refractivity contribution in [3.05, 3.63) is 0 Å². The SMILES string of the molecule is O=P(O)(O)C(O)(CCN1CCCCC1)P(=O)(O)O. The fourth-order valence-electron chi connectivity index (χ4n) is 1.95. The molecule has 0 radical (unpaired) electrons. The van der Waals surface area contributed by atoms with Crippen molar-refractivity contribution >= 4 is 15.2 Å². The molecule has 0 saturated carbocycles. The second-order valence-electron chi connectivity index (χ2n) is 4.51. The molecule has 5 N–H and O–H groups in total. The van der Waals surface area contributed by atoms with Crippen LogP contribution in [-0.2, 0) is 9.13 Å². The third-order valence-corrected chi connectivity index (χ3v) is 7.02. The van der Waals surface area contributed by atoms with Crippen LogP contribution in [0.4, 0.5) is 0 Å². The minimum atomic E-state index is -5.31. The fraction of sp³-hybridized carbons (Fsp3) is 1.00. The van der Waals surface area contributed by atoms with E-state index in [1.54, 1.807) is 0 Å². The molecular weight excluding hydrogens is 284 g/mol. The van der Waals surface area contributed by atoms with E-state index in [4.69, 9.17) is 19.6 Å². The van der Waals surface area contributed by atoms with E-state index in [-0.39, 0.29) is 6.54 Å². The van der Waals surface area contributed by atoms with Crippen molar-refractivity contribution in [3.8, 4) is 0 Å². The first kappa shape index (κ1) is 16.3. The third kappa shape index (κ3) is 3.62. The lowest BCUT2D eigenvalue weighted by Crippen LogP contribution is -2.37. The quantitative estimate of drug-likeness (QED) is 0.442. The topological polar surface area (TPSA) is 139 Å². The predicted molar refractivity (Wildman–Crippen MR) is 63.9 cm³/mol. The van der Waals surface area contributed by atoms with Gasteiger partial charge < -0.3 is 29.6 Å². The highest BCUT2D eigenvalue weighted by Gasteiger charge is 2.58. The maximum absolute atomic E-state index is 11.1. The number of hydrogen-bond donors (Lipinski definition) is 5. The number of aliphatic hydroxyl groups is 1. The molecule has 1 saturated heterocycles. The molecule has 0 aromatic rings. The predicted octanol–water partition coefficient (Wildman–Crippen LogP) is -0.136. The van der Waals surface area contributed by atoms with Crippen LogP contribution in [0.25, 0.3) is 0 Å². The Morgan fingerprint density at radius 3 is 1.78 bits per heavy atom. The fourth-order valence-corrected chi connectivity index (χ4v) is 4.09. The van der Waals surface area contributed by atoms with Crippen LogP contribution in [0.1, 0.15) is 25.7 Å². The van der Waals surface area contributed by atoms with Crippen LogP contribution in [0.5, 0.6) is 0 Å². The number of likely N-dealkylation sites (tertiary alicyclic amines) is 1. The molecule has 18 heavy (non-hydrogen) atoms. The molecule has 0 aromatic carbocycles. The Balaban J connectivity index is 2.74. The average Bonchev–Trinajstić information content (AvgIpc) is 2.24. The summed E-state index contributed by atoms with van der Waals surface area (Å²) < 4.78 is 22.2. The first-order valence-corrected chi connectivity index (χ1v) is 8.86. The van der Waals surface area contributed by atoms with E-state index in [0.29, 0.717) is 13.1 Å². The minimum absolute atomic E-state index is 0.0483. The van der Waals surface area contributed by atoms with Gasteiger partial charge in [0.25, 0.3) is 5.08 Å². The van der Waals surface area contributed by atoms with E-state index in [1.165, 1.54) is 0 Å². The summed E-state index contributed by atoms with van der Waals surface area (Å²) in [5.41, 5.74) is 0. The Kier molecular flexibility index (Phi) is 5.14. The van der Waals surface area contributed by atoms with Crippen LogP contribution in [0.15, 0.2) is 0 Å². The van der Waals surface area contributed by atoms with Crippen molar-refractivity contribution in [3.63, 3.8) is 0 Å². The van der Waals surface area contributed by atoms with Gasteiger partial charge in [0.1, 0.15) is 0 Å². The largest absolute Gasteiger partial charge is 0.369 e. The van der Waals surface area contributed by atoms with Gasteiger partial charge in [-0.05, 0) is 25.9 Å². The highest BCUT2D eigenvalue weighted by atomic mass is 31.2. The maximum Gasteiger partial charge on any atom is 0.369 e. The molecule has 0 unspecified atom stereocenters. The lowest BCUT2D eigenvalue weighted by Gasteiger charge is -2.33. The molecule has 1 aliphatic rings. The van der Waals surface area contributed by atoms with Gasteiger partial charge >= 0.3 is 15.2 Å². The van der Waals surface area contributed by atoms with Gasteiger partial charge in [0.15, 0.2) is 0 Å². The highest BCUT2D eigenvalue weighted by molar-refractivity contribution is 7.72. The van der Waals surface area contributed by atoms with Crippen molar-refractivity contribution < 1.29 is 33.8 Å². The molecular formula is C8H19NO7P2. The van der Waals surface area contributed by atoms with Gasteiger partial charge in [-0.2, -0.15) is 0 Å². The molecule has 0 aliphatic carbocycles. The van der Waals surface area contributed by atoms with E-state index >= 15 is 0 Å². The van der Waals surface area contributed by atoms with Crippen LogP contribution in [0.3, 0.4) is 0 Å². The summed E-state index contributed by atoms with van der Waals surface area (Å²) >= 11 is 0. The molecule has 8 nitrogen and oxygen atoms in total. The molecule has 1 rings (SSSR count). The standard InChI is InChI=1S/C8H19NO7P2/c10-8(17(11,12)13,18(14,15)16)4-7-9-5-2-1-3-6-9/h10H,1-7H2,(H2,11,12,13)(H2,14,15,16). The Bertz CT molecular complexity index is 348. The summed E-state index contributed by atoms with van der Waals surface area (Å²) in [5, 5.41) is 6.38. The Labute approximate surface area is 105 Å². The van der Waals surface area contributed by atoms with Gasteiger partial charge in [-0.3, -0.25) is 9.13 Å². The summed E-state index contributed by atoms with van der Waals surface area (Å²) in [7, 11) is -10.6. The lowest BCUT2D eigenvalue weighted by molar-refractivity contribution is 0.104. The first-order valence-electron chi connectivity index (χ1n) is 5.64. The summed E-state index contributed by atoms with van der Waals surface area (Å²) in [6, 6.07) is 0. The zero-order chi connectivity index (χ0) is 14.0. The second-order valence-corrected chi connectivity index (χ2v) is 8.52. The van der Waals surface area contributed by atoms with Crippen molar-refractivity contribution in [2.24, 2.45) is 0 Å². The monoisotopic (exact) mass is 303 g/mol. The van der Waals surface area contributed by atoms with Gasteiger partial charge in [0.05, 0.1) is 0 Å². The molecule has 0 amide bonds. The van der Waals surface area contributed by atoms with Crippen LogP contribution in [0.2, 0.25) is 0 Å². The molecule has 108 valence electrons. The molecule has 1 heterocycles. The number of piperidine rings is 1. The van der Waals surface area contributed by atoms with Crippen LogP contribution in [0, 0.1) is 0 Å². The third-order valence-electron chi connectivity index (χ3n) is 3.15. The van der Waals surface area contributed by atoms with Crippen molar-refractivity contribution in [1.82, 2.24) is 4.90 Å². The van der Waals surface area contributed by atoms with Crippen molar-refractivity contribution in [1.29, 1.82) is 0 Å². The molecule has 1 fully saturated rings. The minimum Gasteiger partial charge on any atom is -0.367 e. The van der Waals surface area contributed by atoms with Gasteiger partial charge in [-0.15, -0.1) is 0 Å². The normalized spacial score (nSPS) is 20.1. The molecule has 0 atom stereocenters. The summed E-state index contributed by atoms with van der Waals surface area (Å²) in [6.45, 7) is 1.46. The number of nitrogens with zero attached hydrogens (tertiary/aromatic N) is 1. The average molecular weight is 303 g/mol. The van der Waals surface area contributed by atoms with E-state index in [0.717, 1.165) is 19.3 Å². The van der Waals surface area contributed by atoms with E-state index < -0.39 is 26.7 Å². The van der Waals surface area contributed by atoms with Gasteiger partial charge in [-0.25, -0.2) is 0 Å². The summed E-state index contributed by atoms with van der Waals surface area (Å²) in [5.74, 6) is 0. The van der Waals surface area contributed by atoms with Crippen LogP contribution in [-0.4, -0.2) is 54.3 Å². The highest BCUT2D eigenvalue weighted by Crippen LogP contribution is 2.68. The Morgan fingerprint density at radius 2 is 1.39 bits per heavy atom. The summed E-state index contributed by atoms with van der Waals surface area (Å²) in [4.78, 5) is 37.6. The van der Waals surface area contributed by atoms with Gasteiger partial charge in [-0.1, -0.05) is 6.42 Å². The molecule has 0 bridgehead atoms. The van der Waals surface area contributed by atoms with Crippen molar-refractivity contribution in [2.45, 2.75) is 30.8 Å². The number of hydrogen-bond acceptors (Lipinski definition) is 4. The first-order chi connectivity index (χ1) is 8.08. The smallest absolute Gasteiger partial charge is 0.367 e. The van der Waals surface area contributed by atoms with E-state index in [2.05, 4.69) is 0 Å². The van der Waals surface area contributed by atoms with Gasteiger partial charge in [0.2, 0.25) is 0 Å². The van der Waals surface area contributed by atoms with Crippen LogP contribution < -0.4 is 0 Å². The molecule has 0 spiro atoms. The molecule has 1 aliphatic heterocycles. The Hall–Kier alpha value is 0.220. The number of rotatable bonds is 5. The second kappa shape index (κ2) is 5.69. The van der Waals surface area contributed by atoms with Gasteiger partial charge in [0, 0.05) is 13.0 Å². The van der Waals surface area contributed by atoms with Crippen LogP contribution >= 0.6 is 15.2 Å². The lowest BCUT2D eigenvalue weighted by atomic mass is 10.1. The molecule has 10 heteroatoms. The zero-order valence-corrected chi connectivity index (χ0v) is 11.6. The summed E-state index contributed by atoms with van der Waals surface area (Å²) in [6.07, 6.45) is 2.29. The van der Waals surface area contributed by atoms with E-state index in [1.807, 2.05) is 4.90 Å².